The van der Waals surface area contributed by atoms with Crippen molar-refractivity contribution in [2.24, 2.45) is 0 Å². The van der Waals surface area contributed by atoms with E-state index in [0.29, 0.717) is 5.69 Å². The molecule has 5 nitrogen and oxygen atoms in total. The summed E-state index contributed by atoms with van der Waals surface area (Å²) in [6.45, 7) is 0. The van der Waals surface area contributed by atoms with Crippen LogP contribution in [0.15, 0.2) is 60.8 Å². The van der Waals surface area contributed by atoms with Crippen molar-refractivity contribution in [2.45, 2.75) is 6.18 Å². The van der Waals surface area contributed by atoms with E-state index in [9.17, 15) is 23.1 Å². The van der Waals surface area contributed by atoms with Crippen LogP contribution >= 0.6 is 0 Å². The molecule has 0 aliphatic heterocycles. The molecule has 3 aromatic rings. The van der Waals surface area contributed by atoms with Gasteiger partial charge in [-0.2, -0.15) is 18.3 Å². The van der Waals surface area contributed by atoms with Gasteiger partial charge in [0.25, 0.3) is 0 Å². The van der Waals surface area contributed by atoms with Gasteiger partial charge in [0, 0.05) is 0 Å². The summed E-state index contributed by atoms with van der Waals surface area (Å²) in [5.74, 6) is -1.61. The molecular formula is C17H11F3N2O3. The molecule has 2 aromatic carbocycles. The predicted molar refractivity (Wildman–Crippen MR) is 82.0 cm³/mol. The Kier molecular flexibility index (Phi) is 4.18. The lowest BCUT2D eigenvalue weighted by Gasteiger charge is -2.10. The summed E-state index contributed by atoms with van der Waals surface area (Å²) in [5.41, 5.74) is -0.695. The lowest BCUT2D eigenvalue weighted by atomic mass is 10.2. The highest BCUT2D eigenvalue weighted by Gasteiger charge is 2.31. The summed E-state index contributed by atoms with van der Waals surface area (Å²) < 4.78 is 44.8. The number of ether oxygens (including phenoxy) is 1. The number of hydrogen-bond donors (Lipinski definition) is 1. The molecule has 1 aromatic heterocycles. The van der Waals surface area contributed by atoms with Crippen molar-refractivity contribution in [1.29, 1.82) is 0 Å². The fourth-order valence-electron chi connectivity index (χ4n) is 2.23. The molecule has 0 fully saturated rings. The van der Waals surface area contributed by atoms with Gasteiger partial charge >= 0.3 is 12.1 Å². The van der Waals surface area contributed by atoms with Crippen molar-refractivity contribution in [2.75, 3.05) is 0 Å². The minimum Gasteiger partial charge on any atom is -0.476 e. The molecule has 0 bridgehead atoms. The summed E-state index contributed by atoms with van der Waals surface area (Å²) in [7, 11) is 0. The molecule has 0 aliphatic carbocycles. The highest BCUT2D eigenvalue weighted by molar-refractivity contribution is 5.89. The molecule has 0 saturated heterocycles. The smallest absolute Gasteiger partial charge is 0.416 e. The highest BCUT2D eigenvalue weighted by atomic mass is 19.4. The van der Waals surface area contributed by atoms with Crippen LogP contribution in [0.4, 0.5) is 13.2 Å². The molecular weight excluding hydrogens is 337 g/mol. The zero-order valence-corrected chi connectivity index (χ0v) is 12.6. The zero-order valence-electron chi connectivity index (χ0n) is 12.6. The van der Waals surface area contributed by atoms with Crippen LogP contribution in [-0.4, -0.2) is 20.9 Å². The Morgan fingerprint density at radius 1 is 1.08 bits per heavy atom. The second-order valence-electron chi connectivity index (χ2n) is 5.04. The normalized spacial score (nSPS) is 11.3. The summed E-state index contributed by atoms with van der Waals surface area (Å²) in [5, 5.41) is 13.4. The first kappa shape index (κ1) is 16.6. The van der Waals surface area contributed by atoms with Crippen molar-refractivity contribution in [3.8, 4) is 17.2 Å². The third-order valence-electron chi connectivity index (χ3n) is 3.33. The molecule has 8 heteroatoms. The molecule has 0 spiro atoms. The Morgan fingerprint density at radius 2 is 1.80 bits per heavy atom. The maximum absolute atomic E-state index is 12.8. The maximum Gasteiger partial charge on any atom is 0.416 e. The van der Waals surface area contributed by atoms with Crippen molar-refractivity contribution >= 4 is 5.97 Å². The zero-order chi connectivity index (χ0) is 18.0. The first-order valence-corrected chi connectivity index (χ1v) is 7.08. The second-order valence-corrected chi connectivity index (χ2v) is 5.04. The SMILES string of the molecule is O=C(O)c1c(Oc2cccc(C(F)(F)F)c2)cnn1-c1ccccc1. The average molecular weight is 348 g/mol. The summed E-state index contributed by atoms with van der Waals surface area (Å²) in [6.07, 6.45) is -3.38. The van der Waals surface area contributed by atoms with Gasteiger partial charge in [-0.1, -0.05) is 24.3 Å². The summed E-state index contributed by atoms with van der Waals surface area (Å²) in [6, 6.07) is 12.6. The first-order valence-electron chi connectivity index (χ1n) is 7.08. The van der Waals surface area contributed by atoms with Gasteiger partial charge in [0.1, 0.15) is 5.75 Å². The highest BCUT2D eigenvalue weighted by Crippen LogP contribution is 2.33. The van der Waals surface area contributed by atoms with Crippen molar-refractivity contribution in [1.82, 2.24) is 9.78 Å². The van der Waals surface area contributed by atoms with Crippen LogP contribution in [0.1, 0.15) is 16.1 Å². The van der Waals surface area contributed by atoms with E-state index >= 15 is 0 Å². The Labute approximate surface area is 139 Å². The number of hydrogen-bond acceptors (Lipinski definition) is 3. The van der Waals surface area contributed by atoms with E-state index in [-0.39, 0.29) is 17.2 Å². The number of benzene rings is 2. The number of carboxylic acids is 1. The van der Waals surface area contributed by atoms with Gasteiger partial charge in [-0.15, -0.1) is 0 Å². The van der Waals surface area contributed by atoms with E-state index in [2.05, 4.69) is 5.10 Å². The van der Waals surface area contributed by atoms with E-state index in [4.69, 9.17) is 4.74 Å². The van der Waals surface area contributed by atoms with Crippen molar-refractivity contribution in [3.05, 3.63) is 72.1 Å². The number of nitrogens with zero attached hydrogens (tertiary/aromatic N) is 2. The maximum atomic E-state index is 12.8. The molecule has 1 N–H and O–H groups in total. The van der Waals surface area contributed by atoms with Crippen LogP contribution in [0.3, 0.4) is 0 Å². The number of carbonyl (C=O) groups is 1. The number of alkyl halides is 3. The van der Waals surface area contributed by atoms with E-state index in [1.807, 2.05) is 0 Å². The van der Waals surface area contributed by atoms with Crippen LogP contribution < -0.4 is 4.74 Å². The fraction of sp³-hybridized carbons (Fsp3) is 0.0588. The van der Waals surface area contributed by atoms with Gasteiger partial charge < -0.3 is 9.84 Å². The van der Waals surface area contributed by atoms with E-state index < -0.39 is 17.7 Å². The molecule has 1 heterocycles. The quantitative estimate of drug-likeness (QED) is 0.760. The minimum absolute atomic E-state index is 0.134. The molecule has 3 rings (SSSR count). The Balaban J connectivity index is 1.99. The fourth-order valence-corrected chi connectivity index (χ4v) is 2.23. The van der Waals surface area contributed by atoms with Crippen LogP contribution in [-0.2, 0) is 6.18 Å². The lowest BCUT2D eigenvalue weighted by molar-refractivity contribution is -0.137. The van der Waals surface area contributed by atoms with Gasteiger partial charge in [0.05, 0.1) is 17.4 Å². The topological polar surface area (TPSA) is 64.3 Å². The molecule has 0 saturated carbocycles. The predicted octanol–water partition coefficient (Wildman–Crippen LogP) is 4.38. The standard InChI is InChI=1S/C17H11F3N2O3/c18-17(19,20)11-5-4-8-13(9-11)25-14-10-21-22(15(14)16(23)24)12-6-2-1-3-7-12/h1-10H,(H,23,24). The molecule has 0 aliphatic rings. The third kappa shape index (κ3) is 3.47. The van der Waals surface area contributed by atoms with E-state index in [1.165, 1.54) is 12.1 Å². The van der Waals surface area contributed by atoms with E-state index in [1.54, 1.807) is 30.3 Å². The Hall–Kier alpha value is -3.29. The molecule has 0 unspecified atom stereocenters. The summed E-state index contributed by atoms with van der Waals surface area (Å²) in [4.78, 5) is 11.6. The van der Waals surface area contributed by atoms with Crippen LogP contribution in [0.25, 0.3) is 5.69 Å². The van der Waals surface area contributed by atoms with Crippen LogP contribution in [0.2, 0.25) is 0 Å². The number of para-hydroxylation sites is 1. The number of carboxylic acid groups (broad SMARTS) is 1. The van der Waals surface area contributed by atoms with Crippen molar-refractivity contribution in [3.63, 3.8) is 0 Å². The Morgan fingerprint density at radius 3 is 2.44 bits per heavy atom. The number of halogens is 3. The molecule has 128 valence electrons. The Bertz CT molecular complexity index is 905. The minimum atomic E-state index is -4.52. The molecule has 25 heavy (non-hydrogen) atoms. The molecule has 0 atom stereocenters. The van der Waals surface area contributed by atoms with Crippen LogP contribution in [0, 0.1) is 0 Å². The lowest BCUT2D eigenvalue weighted by Crippen LogP contribution is -2.09. The second kappa shape index (κ2) is 6.31. The van der Waals surface area contributed by atoms with Gasteiger partial charge in [-0.05, 0) is 30.3 Å². The number of rotatable bonds is 4. The number of aromatic nitrogens is 2. The van der Waals surface area contributed by atoms with Gasteiger partial charge in [-0.3, -0.25) is 0 Å². The van der Waals surface area contributed by atoms with E-state index in [0.717, 1.165) is 23.0 Å². The first-order chi connectivity index (χ1) is 11.9. The van der Waals surface area contributed by atoms with Crippen molar-refractivity contribution < 1.29 is 27.8 Å². The molecule has 0 amide bonds. The van der Waals surface area contributed by atoms with Crippen LogP contribution in [0.5, 0.6) is 11.5 Å². The van der Waals surface area contributed by atoms with Gasteiger partial charge in [-0.25, -0.2) is 9.48 Å². The van der Waals surface area contributed by atoms with Gasteiger partial charge in [0.15, 0.2) is 11.4 Å². The monoisotopic (exact) mass is 348 g/mol. The largest absolute Gasteiger partial charge is 0.476 e. The van der Waals surface area contributed by atoms with Gasteiger partial charge in [0.2, 0.25) is 0 Å². The third-order valence-corrected chi connectivity index (χ3v) is 3.33. The summed E-state index contributed by atoms with van der Waals surface area (Å²) >= 11 is 0. The number of aromatic carboxylic acids is 1. The average Bonchev–Trinajstić information content (AvgIpc) is 2.99. The molecule has 0 radical (unpaired) electrons.